The fourth-order valence-corrected chi connectivity index (χ4v) is 2.62. The monoisotopic (exact) mass is 164 g/mol. The molecular weight excluding hydrogens is 148 g/mol. The van der Waals surface area contributed by atoms with Crippen LogP contribution in [0.1, 0.15) is 32.6 Å². The van der Waals surface area contributed by atoms with E-state index in [4.69, 9.17) is 0 Å². The van der Waals surface area contributed by atoms with Crippen LogP contribution >= 0.6 is 0 Å². The Morgan fingerprint density at radius 1 is 1.33 bits per heavy atom. The molecule has 2 aliphatic rings. The predicted octanol–water partition coefficient (Wildman–Crippen LogP) is 2.57. The van der Waals surface area contributed by atoms with Crippen LogP contribution in [-0.2, 0) is 4.79 Å². The van der Waals surface area contributed by atoms with Crippen LogP contribution in [0.2, 0.25) is 0 Å². The Balaban J connectivity index is 2.13. The Kier molecular flexibility index (Phi) is 2.03. The first kappa shape index (κ1) is 8.03. The van der Waals surface area contributed by atoms with Crippen LogP contribution in [-0.4, -0.2) is 5.78 Å². The normalized spacial score (nSPS) is 41.1. The molecule has 0 aromatic carbocycles. The van der Waals surface area contributed by atoms with Gasteiger partial charge in [0.1, 0.15) is 5.78 Å². The molecule has 0 spiro atoms. The van der Waals surface area contributed by atoms with Gasteiger partial charge in [0.05, 0.1) is 0 Å². The first-order valence-corrected chi connectivity index (χ1v) is 4.95. The van der Waals surface area contributed by atoms with Crippen LogP contribution in [0.4, 0.5) is 0 Å². The van der Waals surface area contributed by atoms with Crippen LogP contribution in [0.3, 0.4) is 0 Å². The highest BCUT2D eigenvalue weighted by molar-refractivity contribution is 5.82. The molecule has 1 fully saturated rings. The highest BCUT2D eigenvalue weighted by Gasteiger charge is 2.34. The van der Waals surface area contributed by atoms with E-state index in [0.717, 1.165) is 19.3 Å². The minimum Gasteiger partial charge on any atom is -0.299 e. The zero-order chi connectivity index (χ0) is 8.55. The van der Waals surface area contributed by atoms with Gasteiger partial charge >= 0.3 is 0 Å². The molecule has 0 N–H and O–H groups in total. The fourth-order valence-electron chi connectivity index (χ4n) is 2.62. The molecule has 66 valence electrons. The minimum atomic E-state index is 0.381. The summed E-state index contributed by atoms with van der Waals surface area (Å²) >= 11 is 0. The van der Waals surface area contributed by atoms with E-state index in [1.54, 1.807) is 0 Å². The summed E-state index contributed by atoms with van der Waals surface area (Å²) < 4.78 is 0. The maximum Gasteiger partial charge on any atom is 0.136 e. The van der Waals surface area contributed by atoms with E-state index in [0.29, 0.717) is 23.5 Å². The molecule has 2 aliphatic carbocycles. The Morgan fingerprint density at radius 2 is 2.08 bits per heavy atom. The van der Waals surface area contributed by atoms with Crippen LogP contribution in [0.15, 0.2) is 12.2 Å². The smallest absolute Gasteiger partial charge is 0.136 e. The van der Waals surface area contributed by atoms with E-state index >= 15 is 0 Å². The van der Waals surface area contributed by atoms with Crippen molar-refractivity contribution in [2.24, 2.45) is 17.8 Å². The topological polar surface area (TPSA) is 17.1 Å². The van der Waals surface area contributed by atoms with E-state index in [9.17, 15) is 4.79 Å². The first-order chi connectivity index (χ1) is 5.77. The van der Waals surface area contributed by atoms with Gasteiger partial charge in [-0.05, 0) is 31.1 Å². The Labute approximate surface area is 73.8 Å². The third kappa shape index (κ3) is 1.33. The number of hydrogen-bond acceptors (Lipinski definition) is 1. The lowest BCUT2D eigenvalue weighted by Gasteiger charge is -2.34. The molecule has 12 heavy (non-hydrogen) atoms. The van der Waals surface area contributed by atoms with Gasteiger partial charge in [0.2, 0.25) is 0 Å². The van der Waals surface area contributed by atoms with Crippen molar-refractivity contribution in [3.8, 4) is 0 Å². The quantitative estimate of drug-likeness (QED) is 0.503. The third-order valence-electron chi connectivity index (χ3n) is 3.23. The fraction of sp³-hybridized carbons (Fsp3) is 0.727. The summed E-state index contributed by atoms with van der Waals surface area (Å²) in [7, 11) is 0. The molecule has 3 atom stereocenters. The average molecular weight is 164 g/mol. The summed E-state index contributed by atoms with van der Waals surface area (Å²) in [6, 6.07) is 0. The molecule has 0 saturated heterocycles. The molecule has 0 bridgehead atoms. The van der Waals surface area contributed by atoms with Crippen molar-refractivity contribution < 1.29 is 4.79 Å². The summed E-state index contributed by atoms with van der Waals surface area (Å²) in [5, 5.41) is 0. The second-order valence-corrected chi connectivity index (χ2v) is 4.32. The molecule has 1 heteroatoms. The number of hydrogen-bond donors (Lipinski definition) is 0. The van der Waals surface area contributed by atoms with Crippen molar-refractivity contribution in [3.05, 3.63) is 12.2 Å². The predicted molar refractivity (Wildman–Crippen MR) is 48.8 cm³/mol. The van der Waals surface area contributed by atoms with Crippen molar-refractivity contribution in [1.29, 1.82) is 0 Å². The number of fused-ring (bicyclic) bond motifs is 1. The molecule has 0 aliphatic heterocycles. The van der Waals surface area contributed by atoms with Crippen molar-refractivity contribution in [3.63, 3.8) is 0 Å². The molecule has 1 saturated carbocycles. The SMILES string of the molecule is C[C@H]1CC(=O)C2CC=CC[C@@H]2C1. The standard InChI is InChI=1S/C11H16O/c1-8-6-9-4-2-3-5-10(9)11(12)7-8/h2-3,8-10H,4-7H2,1H3/t8-,9-,10?/m1/s1. The lowest BCUT2D eigenvalue weighted by molar-refractivity contribution is -0.128. The van der Waals surface area contributed by atoms with Crippen molar-refractivity contribution in [2.75, 3.05) is 0 Å². The number of carbonyl (C=O) groups excluding carboxylic acids is 1. The third-order valence-corrected chi connectivity index (χ3v) is 3.23. The highest BCUT2D eigenvalue weighted by Crippen LogP contribution is 2.37. The van der Waals surface area contributed by atoms with Gasteiger partial charge in [0.15, 0.2) is 0 Å². The number of rotatable bonds is 0. The lowest BCUT2D eigenvalue weighted by atomic mass is 9.69. The molecule has 0 aromatic rings. The van der Waals surface area contributed by atoms with E-state index in [1.165, 1.54) is 6.42 Å². The van der Waals surface area contributed by atoms with Crippen molar-refractivity contribution in [2.45, 2.75) is 32.6 Å². The zero-order valence-corrected chi connectivity index (χ0v) is 7.62. The van der Waals surface area contributed by atoms with Gasteiger partial charge in [0, 0.05) is 12.3 Å². The second-order valence-electron chi connectivity index (χ2n) is 4.32. The summed E-state index contributed by atoms with van der Waals surface area (Å²) in [6.07, 6.45) is 8.66. The highest BCUT2D eigenvalue weighted by atomic mass is 16.1. The van der Waals surface area contributed by atoms with Gasteiger partial charge in [-0.1, -0.05) is 19.1 Å². The van der Waals surface area contributed by atoms with Gasteiger partial charge < -0.3 is 0 Å². The maximum atomic E-state index is 11.6. The Hall–Kier alpha value is -0.590. The number of Topliss-reactive ketones (excluding diaryl/α,β-unsaturated/α-hetero) is 1. The van der Waals surface area contributed by atoms with Gasteiger partial charge in [0.25, 0.3) is 0 Å². The summed E-state index contributed by atoms with van der Waals surface area (Å²) in [4.78, 5) is 11.6. The van der Waals surface area contributed by atoms with Crippen LogP contribution < -0.4 is 0 Å². The molecule has 1 unspecified atom stereocenters. The molecule has 0 amide bonds. The minimum absolute atomic E-state index is 0.381. The molecule has 0 heterocycles. The second kappa shape index (κ2) is 3.04. The van der Waals surface area contributed by atoms with E-state index < -0.39 is 0 Å². The van der Waals surface area contributed by atoms with E-state index in [2.05, 4.69) is 19.1 Å². The molecule has 2 rings (SSSR count). The Morgan fingerprint density at radius 3 is 2.92 bits per heavy atom. The first-order valence-electron chi connectivity index (χ1n) is 4.95. The van der Waals surface area contributed by atoms with Crippen molar-refractivity contribution in [1.82, 2.24) is 0 Å². The molecule has 0 aromatic heterocycles. The molecule has 0 radical (unpaired) electrons. The maximum absolute atomic E-state index is 11.6. The van der Waals surface area contributed by atoms with Gasteiger partial charge in [-0.3, -0.25) is 4.79 Å². The summed E-state index contributed by atoms with van der Waals surface area (Å²) in [5.74, 6) is 2.20. The van der Waals surface area contributed by atoms with E-state index in [1.807, 2.05) is 0 Å². The number of allylic oxidation sites excluding steroid dienone is 2. The van der Waals surface area contributed by atoms with Crippen molar-refractivity contribution >= 4 is 5.78 Å². The molecular formula is C11H16O. The van der Waals surface area contributed by atoms with Crippen LogP contribution in [0, 0.1) is 17.8 Å². The van der Waals surface area contributed by atoms with Gasteiger partial charge in [-0.2, -0.15) is 0 Å². The van der Waals surface area contributed by atoms with E-state index in [-0.39, 0.29) is 0 Å². The van der Waals surface area contributed by atoms with Crippen LogP contribution in [0.5, 0.6) is 0 Å². The number of carbonyl (C=O) groups is 1. The molecule has 1 nitrogen and oxygen atoms in total. The summed E-state index contributed by atoms with van der Waals surface area (Å²) in [6.45, 7) is 2.20. The van der Waals surface area contributed by atoms with Gasteiger partial charge in [-0.25, -0.2) is 0 Å². The Bertz CT molecular complexity index is 217. The average Bonchev–Trinajstić information content (AvgIpc) is 2.04. The zero-order valence-electron chi connectivity index (χ0n) is 7.62. The number of ketones is 1. The largest absolute Gasteiger partial charge is 0.299 e. The summed E-state index contributed by atoms with van der Waals surface area (Å²) in [5.41, 5.74) is 0. The lowest BCUT2D eigenvalue weighted by Crippen LogP contribution is -2.32. The van der Waals surface area contributed by atoms with Crippen LogP contribution in [0.25, 0.3) is 0 Å². The van der Waals surface area contributed by atoms with Gasteiger partial charge in [-0.15, -0.1) is 0 Å².